The zero-order valence-electron chi connectivity index (χ0n) is 13.4. The van der Waals surface area contributed by atoms with Gasteiger partial charge in [0, 0.05) is 31.6 Å². The highest BCUT2D eigenvalue weighted by Gasteiger charge is 2.19. The van der Waals surface area contributed by atoms with Gasteiger partial charge < -0.3 is 10.2 Å². The minimum absolute atomic E-state index is 0.335. The fourth-order valence-corrected chi connectivity index (χ4v) is 2.38. The van der Waals surface area contributed by atoms with Crippen LogP contribution in [0.4, 0.5) is 11.6 Å². The highest BCUT2D eigenvalue weighted by molar-refractivity contribution is 5.58. The number of hydrogen-bond acceptors (Lipinski definition) is 4. The number of hydrogen-bond donors (Lipinski definition) is 1. The first-order valence-corrected chi connectivity index (χ1v) is 7.25. The summed E-state index contributed by atoms with van der Waals surface area (Å²) in [5, 5.41) is 3.18. The number of aromatic nitrogens is 2. The largest absolute Gasteiger partial charge is 0.373 e. The Balaban J connectivity index is 3.28. The SMILES string of the molecule is CCC(CC)N(C)c1nc(C(C)C)nc(NC)c1C. The lowest BCUT2D eigenvalue weighted by atomic mass is 10.1. The Morgan fingerprint density at radius 2 is 1.74 bits per heavy atom. The van der Waals surface area contributed by atoms with Crippen molar-refractivity contribution in [3.05, 3.63) is 11.4 Å². The molecule has 108 valence electrons. The molecule has 0 aliphatic carbocycles. The van der Waals surface area contributed by atoms with Crippen LogP contribution in [0.3, 0.4) is 0 Å². The van der Waals surface area contributed by atoms with Crippen molar-refractivity contribution in [3.8, 4) is 0 Å². The Labute approximate surface area is 117 Å². The Morgan fingerprint density at radius 1 is 1.16 bits per heavy atom. The second-order valence-electron chi connectivity index (χ2n) is 5.36. The van der Waals surface area contributed by atoms with Crippen LogP contribution in [-0.2, 0) is 0 Å². The van der Waals surface area contributed by atoms with Gasteiger partial charge in [-0.25, -0.2) is 9.97 Å². The molecule has 0 aliphatic heterocycles. The molecule has 0 unspecified atom stereocenters. The lowest BCUT2D eigenvalue weighted by Crippen LogP contribution is -2.32. The van der Waals surface area contributed by atoms with Gasteiger partial charge in [-0.3, -0.25) is 0 Å². The third-order valence-electron chi connectivity index (χ3n) is 3.71. The first kappa shape index (κ1) is 15.7. The molecule has 1 aromatic rings. The van der Waals surface area contributed by atoms with E-state index in [1.54, 1.807) is 0 Å². The van der Waals surface area contributed by atoms with E-state index in [9.17, 15) is 0 Å². The third-order valence-corrected chi connectivity index (χ3v) is 3.71. The molecule has 0 atom stereocenters. The summed E-state index contributed by atoms with van der Waals surface area (Å²) in [5.41, 5.74) is 1.13. The van der Waals surface area contributed by atoms with E-state index in [1.807, 2.05) is 7.05 Å². The van der Waals surface area contributed by atoms with Crippen LogP contribution >= 0.6 is 0 Å². The van der Waals surface area contributed by atoms with Gasteiger partial charge in [0.1, 0.15) is 17.5 Å². The first-order valence-electron chi connectivity index (χ1n) is 7.25. The van der Waals surface area contributed by atoms with Gasteiger partial charge in [-0.15, -0.1) is 0 Å². The van der Waals surface area contributed by atoms with E-state index in [2.05, 4.69) is 56.9 Å². The number of nitrogens with one attached hydrogen (secondary N) is 1. The molecule has 4 heteroatoms. The van der Waals surface area contributed by atoms with Gasteiger partial charge in [0.05, 0.1) is 0 Å². The van der Waals surface area contributed by atoms with E-state index in [0.717, 1.165) is 35.9 Å². The number of rotatable bonds is 6. The summed E-state index contributed by atoms with van der Waals surface area (Å²) < 4.78 is 0. The summed E-state index contributed by atoms with van der Waals surface area (Å²) in [4.78, 5) is 11.7. The van der Waals surface area contributed by atoms with E-state index in [1.165, 1.54) is 0 Å². The average Bonchev–Trinajstić information content (AvgIpc) is 2.39. The molecule has 19 heavy (non-hydrogen) atoms. The molecular weight excluding hydrogens is 236 g/mol. The van der Waals surface area contributed by atoms with Crippen LogP contribution < -0.4 is 10.2 Å². The van der Waals surface area contributed by atoms with Gasteiger partial charge in [-0.2, -0.15) is 0 Å². The van der Waals surface area contributed by atoms with Gasteiger partial charge >= 0.3 is 0 Å². The van der Waals surface area contributed by atoms with Gasteiger partial charge in [0.25, 0.3) is 0 Å². The lowest BCUT2D eigenvalue weighted by molar-refractivity contribution is 0.583. The Morgan fingerprint density at radius 3 is 2.16 bits per heavy atom. The molecule has 0 spiro atoms. The minimum Gasteiger partial charge on any atom is -0.373 e. The van der Waals surface area contributed by atoms with Crippen LogP contribution in [-0.4, -0.2) is 30.1 Å². The molecule has 0 amide bonds. The summed E-state index contributed by atoms with van der Waals surface area (Å²) in [6.45, 7) is 10.8. The zero-order valence-corrected chi connectivity index (χ0v) is 13.4. The van der Waals surface area contributed by atoms with Gasteiger partial charge in [0.15, 0.2) is 0 Å². The normalized spacial score (nSPS) is 11.2. The maximum absolute atomic E-state index is 4.77. The Hall–Kier alpha value is -1.32. The highest BCUT2D eigenvalue weighted by atomic mass is 15.2. The summed E-state index contributed by atoms with van der Waals surface area (Å²) in [7, 11) is 4.05. The van der Waals surface area contributed by atoms with Crippen molar-refractivity contribution in [2.45, 2.75) is 59.4 Å². The van der Waals surface area contributed by atoms with Crippen LogP contribution in [0.25, 0.3) is 0 Å². The van der Waals surface area contributed by atoms with E-state index in [-0.39, 0.29) is 0 Å². The van der Waals surface area contributed by atoms with Crippen molar-refractivity contribution in [2.24, 2.45) is 0 Å². The van der Waals surface area contributed by atoms with Crippen molar-refractivity contribution >= 4 is 11.6 Å². The third kappa shape index (κ3) is 3.37. The first-order chi connectivity index (χ1) is 8.96. The predicted molar refractivity (Wildman–Crippen MR) is 83.2 cm³/mol. The van der Waals surface area contributed by atoms with Crippen molar-refractivity contribution in [1.29, 1.82) is 0 Å². The molecular formula is C15H28N4. The van der Waals surface area contributed by atoms with E-state index in [4.69, 9.17) is 4.98 Å². The molecule has 1 N–H and O–H groups in total. The molecule has 0 saturated heterocycles. The average molecular weight is 264 g/mol. The Bertz CT molecular complexity index is 411. The quantitative estimate of drug-likeness (QED) is 0.852. The van der Waals surface area contributed by atoms with Crippen molar-refractivity contribution in [2.75, 3.05) is 24.3 Å². The van der Waals surface area contributed by atoms with Crippen LogP contribution in [0.1, 0.15) is 57.8 Å². The smallest absolute Gasteiger partial charge is 0.137 e. The zero-order chi connectivity index (χ0) is 14.6. The second kappa shape index (κ2) is 6.73. The van der Waals surface area contributed by atoms with Gasteiger partial charge in [-0.05, 0) is 19.8 Å². The van der Waals surface area contributed by atoms with Crippen LogP contribution in [0, 0.1) is 6.92 Å². The monoisotopic (exact) mass is 264 g/mol. The maximum atomic E-state index is 4.77. The highest BCUT2D eigenvalue weighted by Crippen LogP contribution is 2.27. The Kier molecular flexibility index (Phi) is 5.58. The molecule has 1 aromatic heterocycles. The van der Waals surface area contributed by atoms with Crippen LogP contribution in [0.5, 0.6) is 0 Å². The van der Waals surface area contributed by atoms with Crippen molar-refractivity contribution in [3.63, 3.8) is 0 Å². The molecule has 1 rings (SSSR count). The summed E-state index contributed by atoms with van der Waals surface area (Å²) in [6.07, 6.45) is 2.25. The van der Waals surface area contributed by atoms with Gasteiger partial charge in [-0.1, -0.05) is 27.7 Å². The minimum atomic E-state index is 0.335. The molecule has 0 saturated carbocycles. The van der Waals surface area contributed by atoms with Crippen LogP contribution in [0.15, 0.2) is 0 Å². The predicted octanol–water partition coefficient (Wildman–Crippen LogP) is 3.57. The molecule has 0 fully saturated rings. The summed E-state index contributed by atoms with van der Waals surface area (Å²) in [5.74, 6) is 3.23. The maximum Gasteiger partial charge on any atom is 0.137 e. The van der Waals surface area contributed by atoms with Crippen LogP contribution in [0.2, 0.25) is 0 Å². The van der Waals surface area contributed by atoms with Gasteiger partial charge in [0.2, 0.25) is 0 Å². The second-order valence-corrected chi connectivity index (χ2v) is 5.36. The van der Waals surface area contributed by atoms with Crippen molar-refractivity contribution < 1.29 is 0 Å². The number of anilines is 2. The summed E-state index contributed by atoms with van der Waals surface area (Å²) in [6, 6.07) is 0.526. The molecule has 0 bridgehead atoms. The standard InChI is InChI=1S/C15H28N4/c1-8-12(9-2)19(7)15-11(5)14(16-6)17-13(18-15)10(3)4/h10,12H,8-9H2,1-7H3,(H,16,17,18). The summed E-state index contributed by atoms with van der Waals surface area (Å²) >= 11 is 0. The van der Waals surface area contributed by atoms with Crippen molar-refractivity contribution in [1.82, 2.24) is 9.97 Å². The molecule has 0 aliphatic rings. The fourth-order valence-electron chi connectivity index (χ4n) is 2.38. The van der Waals surface area contributed by atoms with E-state index < -0.39 is 0 Å². The molecule has 4 nitrogen and oxygen atoms in total. The molecule has 1 heterocycles. The molecule has 0 aromatic carbocycles. The molecule has 0 radical (unpaired) electrons. The van der Waals surface area contributed by atoms with E-state index >= 15 is 0 Å². The number of nitrogens with zero attached hydrogens (tertiary/aromatic N) is 3. The topological polar surface area (TPSA) is 41.1 Å². The fraction of sp³-hybridized carbons (Fsp3) is 0.733. The van der Waals surface area contributed by atoms with E-state index in [0.29, 0.717) is 12.0 Å². The lowest BCUT2D eigenvalue weighted by Gasteiger charge is -2.29.